The van der Waals surface area contributed by atoms with Crippen molar-refractivity contribution in [2.75, 3.05) is 26.2 Å². The van der Waals surface area contributed by atoms with E-state index in [0.29, 0.717) is 12.6 Å². The molecule has 1 aliphatic heterocycles. The average molecular weight is 242 g/mol. The molecule has 1 aliphatic rings. The number of ether oxygens (including phenoxy) is 1. The number of likely N-dealkylation sites (tertiary alicyclic amines) is 1. The van der Waals surface area contributed by atoms with Crippen LogP contribution in [0.2, 0.25) is 0 Å². The molecule has 17 heavy (non-hydrogen) atoms. The van der Waals surface area contributed by atoms with Gasteiger partial charge in [-0.25, -0.2) is 4.79 Å². The summed E-state index contributed by atoms with van der Waals surface area (Å²) in [7, 11) is 0. The van der Waals surface area contributed by atoms with Gasteiger partial charge >= 0.3 is 6.09 Å². The first-order valence-electron chi connectivity index (χ1n) is 6.82. The van der Waals surface area contributed by atoms with E-state index in [-0.39, 0.29) is 6.09 Å². The molecule has 100 valence electrons. The van der Waals surface area contributed by atoms with Crippen molar-refractivity contribution in [3.63, 3.8) is 0 Å². The van der Waals surface area contributed by atoms with Crippen LogP contribution < -0.4 is 5.32 Å². The molecule has 1 fully saturated rings. The second-order valence-corrected chi connectivity index (χ2v) is 4.88. The van der Waals surface area contributed by atoms with Crippen LogP contribution in [-0.2, 0) is 4.74 Å². The van der Waals surface area contributed by atoms with Gasteiger partial charge in [0.2, 0.25) is 0 Å². The van der Waals surface area contributed by atoms with Crippen LogP contribution in [-0.4, -0.2) is 43.3 Å². The highest BCUT2D eigenvalue weighted by molar-refractivity contribution is 5.67. The zero-order valence-corrected chi connectivity index (χ0v) is 11.4. The maximum atomic E-state index is 11.5. The average Bonchev–Trinajstić information content (AvgIpc) is 2.36. The summed E-state index contributed by atoms with van der Waals surface area (Å²) in [5, 5.41) is 3.58. The molecule has 0 aliphatic carbocycles. The number of hydrogen-bond acceptors (Lipinski definition) is 3. The van der Waals surface area contributed by atoms with Crippen molar-refractivity contribution >= 4 is 6.09 Å². The minimum absolute atomic E-state index is 0.159. The summed E-state index contributed by atoms with van der Waals surface area (Å²) in [6, 6.07) is 0.565. The van der Waals surface area contributed by atoms with Gasteiger partial charge in [0, 0.05) is 19.1 Å². The van der Waals surface area contributed by atoms with Crippen molar-refractivity contribution in [3.05, 3.63) is 0 Å². The van der Waals surface area contributed by atoms with Crippen LogP contribution >= 0.6 is 0 Å². The number of hydrogen-bond donors (Lipinski definition) is 1. The van der Waals surface area contributed by atoms with Gasteiger partial charge in [0.05, 0.1) is 6.61 Å². The monoisotopic (exact) mass is 242 g/mol. The predicted octanol–water partition coefficient (Wildman–Crippen LogP) is 2.24. The van der Waals surface area contributed by atoms with Gasteiger partial charge in [0.15, 0.2) is 0 Å². The van der Waals surface area contributed by atoms with E-state index in [1.54, 1.807) is 0 Å². The maximum absolute atomic E-state index is 11.5. The fraction of sp³-hybridized carbons (Fsp3) is 0.923. The summed E-state index contributed by atoms with van der Waals surface area (Å²) in [6.07, 6.45) is 3.13. The SMILES string of the molecule is CCOC(=O)N1CCC(NCC(C)CC)CC1. The third-order valence-corrected chi connectivity index (χ3v) is 3.47. The summed E-state index contributed by atoms with van der Waals surface area (Å²) >= 11 is 0. The Kier molecular flexibility index (Phi) is 6.34. The summed E-state index contributed by atoms with van der Waals surface area (Å²) in [4.78, 5) is 13.3. The number of carbonyl (C=O) groups is 1. The maximum Gasteiger partial charge on any atom is 0.409 e. The lowest BCUT2D eigenvalue weighted by Crippen LogP contribution is -2.45. The Morgan fingerprint density at radius 2 is 2.06 bits per heavy atom. The van der Waals surface area contributed by atoms with Crippen LogP contribution in [0.15, 0.2) is 0 Å². The van der Waals surface area contributed by atoms with Gasteiger partial charge in [-0.2, -0.15) is 0 Å². The smallest absolute Gasteiger partial charge is 0.409 e. The van der Waals surface area contributed by atoms with Crippen molar-refractivity contribution in [3.8, 4) is 0 Å². The molecule has 0 aromatic heterocycles. The summed E-state index contributed by atoms with van der Waals surface area (Å²) in [5.41, 5.74) is 0. The Hall–Kier alpha value is -0.770. The van der Waals surface area contributed by atoms with Gasteiger partial charge in [0.25, 0.3) is 0 Å². The number of rotatable bonds is 5. The van der Waals surface area contributed by atoms with Crippen LogP contribution in [0.3, 0.4) is 0 Å². The zero-order chi connectivity index (χ0) is 12.7. The molecular weight excluding hydrogens is 216 g/mol. The zero-order valence-electron chi connectivity index (χ0n) is 11.4. The molecule has 4 heteroatoms. The molecule has 0 aromatic rings. The molecule has 0 saturated carbocycles. The third-order valence-electron chi connectivity index (χ3n) is 3.47. The Morgan fingerprint density at radius 1 is 1.41 bits per heavy atom. The molecule has 1 saturated heterocycles. The van der Waals surface area contributed by atoms with E-state index in [2.05, 4.69) is 19.2 Å². The number of nitrogens with zero attached hydrogens (tertiary/aromatic N) is 1. The first-order chi connectivity index (χ1) is 8.17. The largest absolute Gasteiger partial charge is 0.450 e. The van der Waals surface area contributed by atoms with Crippen molar-refractivity contribution in [1.82, 2.24) is 10.2 Å². The van der Waals surface area contributed by atoms with E-state index in [4.69, 9.17) is 4.74 Å². The fourth-order valence-corrected chi connectivity index (χ4v) is 1.99. The molecule has 0 spiro atoms. The molecule has 1 heterocycles. The van der Waals surface area contributed by atoms with Crippen molar-refractivity contribution in [1.29, 1.82) is 0 Å². The Balaban J connectivity index is 2.19. The quantitative estimate of drug-likeness (QED) is 0.804. The molecule has 1 unspecified atom stereocenters. The minimum Gasteiger partial charge on any atom is -0.450 e. The van der Waals surface area contributed by atoms with E-state index < -0.39 is 0 Å². The molecule has 1 atom stereocenters. The van der Waals surface area contributed by atoms with Crippen LogP contribution in [0.1, 0.15) is 40.0 Å². The second kappa shape index (κ2) is 7.54. The van der Waals surface area contributed by atoms with E-state index >= 15 is 0 Å². The highest BCUT2D eigenvalue weighted by atomic mass is 16.6. The number of carbonyl (C=O) groups excluding carboxylic acids is 1. The first-order valence-corrected chi connectivity index (χ1v) is 6.82. The van der Waals surface area contributed by atoms with Crippen molar-refractivity contribution in [2.24, 2.45) is 5.92 Å². The lowest BCUT2D eigenvalue weighted by molar-refractivity contribution is 0.0948. The van der Waals surface area contributed by atoms with E-state index in [1.807, 2.05) is 11.8 Å². The first kappa shape index (κ1) is 14.3. The predicted molar refractivity (Wildman–Crippen MR) is 69.1 cm³/mol. The molecule has 1 N–H and O–H groups in total. The Bertz CT molecular complexity index is 225. The molecule has 0 radical (unpaired) electrons. The van der Waals surface area contributed by atoms with Crippen molar-refractivity contribution in [2.45, 2.75) is 46.1 Å². The van der Waals surface area contributed by atoms with Gasteiger partial charge in [-0.3, -0.25) is 0 Å². The van der Waals surface area contributed by atoms with Crippen LogP contribution in [0.4, 0.5) is 4.79 Å². The molecule has 1 amide bonds. The topological polar surface area (TPSA) is 41.6 Å². The van der Waals surface area contributed by atoms with Crippen LogP contribution in [0.25, 0.3) is 0 Å². The second-order valence-electron chi connectivity index (χ2n) is 4.88. The Morgan fingerprint density at radius 3 is 2.59 bits per heavy atom. The highest BCUT2D eigenvalue weighted by Crippen LogP contribution is 2.12. The third kappa shape index (κ3) is 4.94. The minimum atomic E-state index is -0.159. The number of nitrogens with one attached hydrogen (secondary N) is 1. The summed E-state index contributed by atoms with van der Waals surface area (Å²) < 4.78 is 5.00. The lowest BCUT2D eigenvalue weighted by atomic mass is 10.0. The number of amides is 1. The molecular formula is C13H26N2O2. The molecule has 0 bridgehead atoms. The molecule has 4 nitrogen and oxygen atoms in total. The van der Waals surface area contributed by atoms with Gasteiger partial charge in [-0.1, -0.05) is 20.3 Å². The van der Waals surface area contributed by atoms with E-state index in [0.717, 1.165) is 38.4 Å². The van der Waals surface area contributed by atoms with Crippen LogP contribution in [0.5, 0.6) is 0 Å². The summed E-state index contributed by atoms with van der Waals surface area (Å²) in [6.45, 7) is 9.51. The standard InChI is InChI=1S/C13H26N2O2/c1-4-11(3)10-14-12-6-8-15(9-7-12)13(16)17-5-2/h11-12,14H,4-10H2,1-3H3. The van der Waals surface area contributed by atoms with Gasteiger partial charge in [-0.05, 0) is 32.2 Å². The fourth-order valence-electron chi connectivity index (χ4n) is 1.99. The van der Waals surface area contributed by atoms with Gasteiger partial charge in [0.1, 0.15) is 0 Å². The molecule has 0 aromatic carbocycles. The van der Waals surface area contributed by atoms with E-state index in [9.17, 15) is 4.79 Å². The number of piperidine rings is 1. The van der Waals surface area contributed by atoms with Crippen LogP contribution in [0, 0.1) is 5.92 Å². The Labute approximate surface area is 105 Å². The van der Waals surface area contributed by atoms with Gasteiger partial charge < -0.3 is 15.0 Å². The van der Waals surface area contributed by atoms with Gasteiger partial charge in [-0.15, -0.1) is 0 Å². The highest BCUT2D eigenvalue weighted by Gasteiger charge is 2.23. The van der Waals surface area contributed by atoms with E-state index in [1.165, 1.54) is 6.42 Å². The molecule has 1 rings (SSSR count). The summed E-state index contributed by atoms with van der Waals surface area (Å²) in [5.74, 6) is 0.734. The normalized spacial score (nSPS) is 19.1. The van der Waals surface area contributed by atoms with Crippen molar-refractivity contribution < 1.29 is 9.53 Å². The lowest BCUT2D eigenvalue weighted by Gasteiger charge is -2.32.